The van der Waals surface area contributed by atoms with Gasteiger partial charge >= 0.3 is 6.18 Å². The molecule has 0 amide bonds. The summed E-state index contributed by atoms with van der Waals surface area (Å²) >= 11 is 3.23. The standard InChI is InChI=1S/C10H7BrF3N/c11-5-7-1-3-8(4-2-7)9(6-15-9)10(12,13)14/h1-4,6H,5H2. The zero-order valence-corrected chi connectivity index (χ0v) is 9.14. The van der Waals surface area contributed by atoms with Crippen LogP contribution >= 0.6 is 15.9 Å². The van der Waals surface area contributed by atoms with Gasteiger partial charge in [-0.2, -0.15) is 13.2 Å². The number of halogens is 4. The Morgan fingerprint density at radius 1 is 1.20 bits per heavy atom. The molecule has 15 heavy (non-hydrogen) atoms. The molecule has 1 aromatic rings. The van der Waals surface area contributed by atoms with E-state index >= 15 is 0 Å². The largest absolute Gasteiger partial charge is 0.422 e. The lowest BCUT2D eigenvalue weighted by molar-refractivity contribution is -0.156. The molecule has 0 fully saturated rings. The summed E-state index contributed by atoms with van der Waals surface area (Å²) in [7, 11) is 0. The van der Waals surface area contributed by atoms with E-state index in [1.165, 1.54) is 12.1 Å². The van der Waals surface area contributed by atoms with Crippen LogP contribution in [0.1, 0.15) is 11.1 Å². The number of benzene rings is 1. The van der Waals surface area contributed by atoms with Crippen molar-refractivity contribution >= 4 is 22.1 Å². The molecule has 0 bridgehead atoms. The van der Waals surface area contributed by atoms with Crippen LogP contribution in [0.15, 0.2) is 29.3 Å². The molecule has 0 radical (unpaired) electrons. The van der Waals surface area contributed by atoms with Gasteiger partial charge in [-0.25, -0.2) is 0 Å². The molecule has 1 unspecified atom stereocenters. The van der Waals surface area contributed by atoms with Crippen molar-refractivity contribution in [3.63, 3.8) is 0 Å². The first-order valence-corrected chi connectivity index (χ1v) is 5.40. The lowest BCUT2D eigenvalue weighted by atomic mass is 9.96. The predicted octanol–water partition coefficient (Wildman–Crippen LogP) is 3.42. The molecule has 5 heteroatoms. The third-order valence-corrected chi connectivity index (χ3v) is 3.02. The average Bonchev–Trinajstić information content (AvgIpc) is 2.98. The van der Waals surface area contributed by atoms with Crippen molar-refractivity contribution in [3.8, 4) is 0 Å². The predicted molar refractivity (Wildman–Crippen MR) is 55.3 cm³/mol. The van der Waals surface area contributed by atoms with Crippen LogP contribution < -0.4 is 0 Å². The fraction of sp³-hybridized carbons (Fsp3) is 0.300. The Balaban J connectivity index is 2.31. The summed E-state index contributed by atoms with van der Waals surface area (Å²) in [5.74, 6) is 0. The second-order valence-corrected chi connectivity index (χ2v) is 3.91. The zero-order chi connectivity index (χ0) is 11.1. The minimum Gasteiger partial charge on any atom is -0.267 e. The Bertz CT molecular complexity index is 388. The highest BCUT2D eigenvalue weighted by atomic mass is 79.9. The second kappa shape index (κ2) is 3.33. The van der Waals surface area contributed by atoms with Crippen LogP contribution in [0.2, 0.25) is 0 Å². The average molecular weight is 278 g/mol. The Kier molecular flexibility index (Phi) is 2.37. The molecule has 1 atom stereocenters. The van der Waals surface area contributed by atoms with Crippen molar-refractivity contribution < 1.29 is 13.2 Å². The minimum absolute atomic E-state index is 0.180. The summed E-state index contributed by atoms with van der Waals surface area (Å²) in [6, 6.07) is 6.27. The van der Waals surface area contributed by atoms with Crippen LogP contribution in [0, 0.1) is 0 Å². The second-order valence-electron chi connectivity index (χ2n) is 3.35. The molecule has 1 aliphatic rings. The minimum atomic E-state index is -4.33. The topological polar surface area (TPSA) is 12.4 Å². The van der Waals surface area contributed by atoms with E-state index in [0.29, 0.717) is 5.33 Å². The van der Waals surface area contributed by atoms with Gasteiger partial charge in [0.25, 0.3) is 0 Å². The first-order chi connectivity index (χ1) is 6.99. The molecule has 1 aromatic carbocycles. The number of rotatable bonds is 2. The SMILES string of the molecule is FC(F)(F)C1(c2ccc(CBr)cc2)C=N1. The van der Waals surface area contributed by atoms with E-state index in [4.69, 9.17) is 0 Å². The van der Waals surface area contributed by atoms with Crippen molar-refractivity contribution in [1.29, 1.82) is 0 Å². The molecule has 0 N–H and O–H groups in total. The van der Waals surface area contributed by atoms with Gasteiger partial charge in [-0.15, -0.1) is 0 Å². The highest BCUT2D eigenvalue weighted by molar-refractivity contribution is 9.08. The van der Waals surface area contributed by atoms with Gasteiger partial charge in [0, 0.05) is 11.5 Å². The van der Waals surface area contributed by atoms with Gasteiger partial charge in [-0.05, 0) is 11.1 Å². The summed E-state index contributed by atoms with van der Waals surface area (Å²) in [6.45, 7) is 0. The van der Waals surface area contributed by atoms with Gasteiger partial charge in [0.2, 0.25) is 5.54 Å². The number of hydrogen-bond donors (Lipinski definition) is 0. The summed E-state index contributed by atoms with van der Waals surface area (Å²) < 4.78 is 37.9. The lowest BCUT2D eigenvalue weighted by Crippen LogP contribution is -2.31. The van der Waals surface area contributed by atoms with Crippen molar-refractivity contribution in [1.82, 2.24) is 0 Å². The van der Waals surface area contributed by atoms with Crippen molar-refractivity contribution in [3.05, 3.63) is 35.4 Å². The van der Waals surface area contributed by atoms with Gasteiger partial charge in [0.05, 0.1) is 0 Å². The summed E-state index contributed by atoms with van der Waals surface area (Å²) in [6.07, 6.45) is -3.39. The van der Waals surface area contributed by atoms with Crippen LogP contribution in [0.4, 0.5) is 13.2 Å². The maximum atomic E-state index is 12.6. The first kappa shape index (κ1) is 10.7. The van der Waals surface area contributed by atoms with Crippen LogP contribution in [0.3, 0.4) is 0 Å². The molecular formula is C10H7BrF3N. The normalized spacial score (nSPS) is 24.3. The molecule has 2 rings (SSSR count). The van der Waals surface area contributed by atoms with Gasteiger partial charge in [-0.1, -0.05) is 40.2 Å². The Morgan fingerprint density at radius 2 is 1.73 bits per heavy atom. The summed E-state index contributed by atoms with van der Waals surface area (Å²) in [4.78, 5) is 3.37. The van der Waals surface area contributed by atoms with Crippen LogP contribution in [-0.4, -0.2) is 12.4 Å². The number of hydrogen-bond acceptors (Lipinski definition) is 1. The van der Waals surface area contributed by atoms with Gasteiger partial charge in [-0.3, -0.25) is 4.99 Å². The molecule has 1 aliphatic heterocycles. The smallest absolute Gasteiger partial charge is 0.267 e. The molecule has 0 aliphatic carbocycles. The fourth-order valence-corrected chi connectivity index (χ4v) is 1.75. The third kappa shape index (κ3) is 1.69. The molecule has 0 aromatic heterocycles. The molecule has 0 saturated heterocycles. The number of nitrogens with zero attached hydrogens (tertiary/aromatic N) is 1. The van der Waals surface area contributed by atoms with E-state index in [0.717, 1.165) is 11.8 Å². The Hall–Kier alpha value is -0.840. The Labute approximate surface area is 93.1 Å². The maximum absolute atomic E-state index is 12.6. The lowest BCUT2D eigenvalue weighted by Gasteiger charge is -2.17. The van der Waals surface area contributed by atoms with Crippen LogP contribution in [-0.2, 0) is 10.9 Å². The van der Waals surface area contributed by atoms with E-state index in [2.05, 4.69) is 20.9 Å². The Morgan fingerprint density at radius 3 is 2.07 bits per heavy atom. The van der Waals surface area contributed by atoms with Crippen LogP contribution in [0.25, 0.3) is 0 Å². The molecule has 1 heterocycles. The van der Waals surface area contributed by atoms with E-state index in [-0.39, 0.29) is 5.56 Å². The highest BCUT2D eigenvalue weighted by Crippen LogP contribution is 2.47. The van der Waals surface area contributed by atoms with Crippen molar-refractivity contribution in [2.75, 3.05) is 0 Å². The quantitative estimate of drug-likeness (QED) is 0.735. The van der Waals surface area contributed by atoms with Crippen LogP contribution in [0.5, 0.6) is 0 Å². The molecular weight excluding hydrogens is 271 g/mol. The van der Waals surface area contributed by atoms with Crippen molar-refractivity contribution in [2.45, 2.75) is 17.0 Å². The summed E-state index contributed by atoms with van der Waals surface area (Å²) in [5, 5.41) is 0.632. The monoisotopic (exact) mass is 277 g/mol. The van der Waals surface area contributed by atoms with E-state index in [1.54, 1.807) is 12.1 Å². The third-order valence-electron chi connectivity index (χ3n) is 2.37. The van der Waals surface area contributed by atoms with Crippen molar-refractivity contribution in [2.24, 2.45) is 4.99 Å². The fourth-order valence-electron chi connectivity index (χ4n) is 1.37. The molecule has 0 saturated carbocycles. The van der Waals surface area contributed by atoms with E-state index in [1.807, 2.05) is 0 Å². The van der Waals surface area contributed by atoms with Gasteiger partial charge < -0.3 is 0 Å². The van der Waals surface area contributed by atoms with Gasteiger partial charge in [0.1, 0.15) is 0 Å². The number of alkyl halides is 4. The zero-order valence-electron chi connectivity index (χ0n) is 7.55. The first-order valence-electron chi connectivity index (χ1n) is 4.28. The molecule has 80 valence electrons. The van der Waals surface area contributed by atoms with E-state index < -0.39 is 11.7 Å². The highest BCUT2D eigenvalue weighted by Gasteiger charge is 2.61. The van der Waals surface area contributed by atoms with E-state index in [9.17, 15) is 13.2 Å². The number of aliphatic imine (C=N–C) groups is 1. The molecule has 1 nitrogen and oxygen atoms in total. The van der Waals surface area contributed by atoms with Gasteiger partial charge in [0.15, 0.2) is 0 Å². The molecule has 0 spiro atoms. The summed E-state index contributed by atoms with van der Waals surface area (Å²) in [5.41, 5.74) is -0.922. The maximum Gasteiger partial charge on any atom is 0.422 e.